The van der Waals surface area contributed by atoms with Gasteiger partial charge in [0.25, 0.3) is 0 Å². The molecule has 0 radical (unpaired) electrons. The second kappa shape index (κ2) is 9.71. The Labute approximate surface area is 234 Å². The third kappa shape index (κ3) is 4.26. The van der Waals surface area contributed by atoms with Crippen molar-refractivity contribution >= 4 is 36.5 Å². The van der Waals surface area contributed by atoms with Crippen LogP contribution in [0.25, 0.3) is 0 Å². The molecule has 4 aromatic rings. The molecule has 0 aliphatic carbocycles. The van der Waals surface area contributed by atoms with E-state index in [4.69, 9.17) is 14.0 Å². The second-order valence-electron chi connectivity index (χ2n) is 11.2. The Morgan fingerprint density at radius 2 is 1.18 bits per heavy atom. The maximum Gasteiger partial charge on any atom is 0.491 e. The second-order valence-corrected chi connectivity index (χ2v) is 11.2. The first-order chi connectivity index (χ1) is 19.4. The summed E-state index contributed by atoms with van der Waals surface area (Å²) >= 11 is 0. The molecule has 4 N–H and O–H groups in total. The van der Waals surface area contributed by atoms with E-state index in [1.807, 2.05) is 36.4 Å². The molecule has 9 heteroatoms. The third-order valence-electron chi connectivity index (χ3n) is 8.33. The number of rotatable bonds is 6. The van der Waals surface area contributed by atoms with Crippen LogP contribution in [0.4, 0.5) is 11.4 Å². The summed E-state index contributed by atoms with van der Waals surface area (Å²) in [6.45, 7) is 6.50. The number of para-hydroxylation sites is 2. The van der Waals surface area contributed by atoms with Gasteiger partial charge in [-0.05, 0) is 46.3 Å². The Hall–Kier alpha value is -3.75. The topological polar surface area (TPSA) is 92.2 Å². The minimum atomic E-state index is -0.871. The predicted octanol–water partition coefficient (Wildman–Crippen LogP) is 3.78. The van der Waals surface area contributed by atoms with Crippen molar-refractivity contribution in [2.45, 2.75) is 45.6 Å². The Bertz CT molecular complexity index is 1510. The van der Waals surface area contributed by atoms with Crippen LogP contribution in [0.2, 0.25) is 0 Å². The zero-order valence-electron chi connectivity index (χ0n) is 22.5. The normalized spacial score (nSPS) is 16.1. The van der Waals surface area contributed by atoms with E-state index in [1.54, 1.807) is 0 Å². The molecule has 3 heterocycles. The van der Waals surface area contributed by atoms with E-state index in [2.05, 4.69) is 60.9 Å². The van der Waals surface area contributed by atoms with Crippen LogP contribution in [0.5, 0.6) is 11.5 Å². The lowest BCUT2D eigenvalue weighted by atomic mass is 9.74. The van der Waals surface area contributed by atoms with Crippen molar-refractivity contribution in [2.24, 2.45) is 0 Å². The smallest absolute Gasteiger partial charge is 0.456 e. The van der Waals surface area contributed by atoms with E-state index in [9.17, 15) is 10.0 Å². The molecule has 200 valence electrons. The van der Waals surface area contributed by atoms with E-state index < -0.39 is 14.2 Å². The fourth-order valence-corrected chi connectivity index (χ4v) is 5.96. The van der Waals surface area contributed by atoms with Gasteiger partial charge in [0.2, 0.25) is 0 Å². The van der Waals surface area contributed by atoms with Gasteiger partial charge in [0, 0.05) is 52.1 Å². The molecule has 0 spiro atoms. The minimum Gasteiger partial charge on any atom is -0.456 e. The van der Waals surface area contributed by atoms with Crippen LogP contribution in [-0.2, 0) is 41.0 Å². The zero-order valence-corrected chi connectivity index (χ0v) is 22.5. The Morgan fingerprint density at radius 1 is 0.700 bits per heavy atom. The van der Waals surface area contributed by atoms with Crippen LogP contribution < -0.4 is 26.3 Å². The van der Waals surface area contributed by atoms with Gasteiger partial charge >= 0.3 is 14.2 Å². The maximum absolute atomic E-state index is 10.1. The summed E-state index contributed by atoms with van der Waals surface area (Å²) < 4.78 is 17.4. The number of ether oxygens (including phenoxy) is 1. The summed E-state index contributed by atoms with van der Waals surface area (Å²) in [4.78, 5) is 0. The average molecular weight is 532 g/mol. The fraction of sp³-hybridized carbons (Fsp3) is 0.226. The SMILES string of the molecule is CC1(C)c2cccc(CNc3ccc4c(c3)B(O)OC4)c2Oc2c(CNc3ccc4c(c3)B(O)OC4)cccc21. The molecule has 3 aliphatic rings. The Balaban J connectivity index is 1.15. The molecule has 0 unspecified atom stereocenters. The van der Waals surface area contributed by atoms with Gasteiger partial charge in [-0.1, -0.05) is 62.4 Å². The van der Waals surface area contributed by atoms with Crippen LogP contribution >= 0.6 is 0 Å². The Kier molecular flexibility index (Phi) is 6.13. The summed E-state index contributed by atoms with van der Waals surface area (Å²) in [5, 5.41) is 27.2. The molecule has 0 fully saturated rings. The maximum atomic E-state index is 10.1. The molecule has 0 atom stereocenters. The highest BCUT2D eigenvalue weighted by Crippen LogP contribution is 2.50. The van der Waals surface area contributed by atoms with Crippen LogP contribution in [0.1, 0.15) is 47.2 Å². The van der Waals surface area contributed by atoms with Gasteiger partial charge in [-0.3, -0.25) is 0 Å². The van der Waals surface area contributed by atoms with Gasteiger partial charge in [0.1, 0.15) is 11.5 Å². The number of benzene rings is 4. The van der Waals surface area contributed by atoms with E-state index >= 15 is 0 Å². The minimum absolute atomic E-state index is 0.251. The van der Waals surface area contributed by atoms with Gasteiger partial charge in [0.15, 0.2) is 0 Å². The molecule has 7 rings (SSSR count). The molecule has 40 heavy (non-hydrogen) atoms. The predicted molar refractivity (Wildman–Crippen MR) is 157 cm³/mol. The molecule has 0 bridgehead atoms. The lowest BCUT2D eigenvalue weighted by Crippen LogP contribution is -2.28. The van der Waals surface area contributed by atoms with Crippen molar-refractivity contribution in [1.82, 2.24) is 0 Å². The van der Waals surface area contributed by atoms with E-state index in [-0.39, 0.29) is 5.41 Å². The summed E-state index contributed by atoms with van der Waals surface area (Å²) in [5.41, 5.74) is 9.67. The molecular formula is C31H30B2N2O5. The van der Waals surface area contributed by atoms with Crippen LogP contribution in [0.3, 0.4) is 0 Å². The molecule has 0 amide bonds. The van der Waals surface area contributed by atoms with Crippen molar-refractivity contribution in [3.63, 3.8) is 0 Å². The number of hydrogen-bond acceptors (Lipinski definition) is 7. The monoisotopic (exact) mass is 532 g/mol. The highest BCUT2D eigenvalue weighted by atomic mass is 16.5. The average Bonchev–Trinajstić information content (AvgIpc) is 3.52. The number of fused-ring (bicyclic) bond motifs is 4. The van der Waals surface area contributed by atoms with E-state index in [0.717, 1.165) is 67.2 Å². The third-order valence-corrected chi connectivity index (χ3v) is 8.33. The van der Waals surface area contributed by atoms with Crippen molar-refractivity contribution in [3.8, 4) is 11.5 Å². The first kappa shape index (κ1) is 25.2. The molecular weight excluding hydrogens is 502 g/mol. The van der Waals surface area contributed by atoms with Crippen molar-refractivity contribution < 1.29 is 24.1 Å². The molecule has 0 saturated carbocycles. The van der Waals surface area contributed by atoms with Crippen LogP contribution in [0.15, 0.2) is 72.8 Å². The summed E-state index contributed by atoms with van der Waals surface area (Å²) in [6, 6.07) is 24.6. The molecule has 0 aromatic heterocycles. The first-order valence-corrected chi connectivity index (χ1v) is 13.6. The fourth-order valence-electron chi connectivity index (χ4n) is 5.96. The number of hydrogen-bond donors (Lipinski definition) is 4. The van der Waals surface area contributed by atoms with Gasteiger partial charge < -0.3 is 34.7 Å². The largest absolute Gasteiger partial charge is 0.491 e. The lowest BCUT2D eigenvalue weighted by Gasteiger charge is -2.36. The van der Waals surface area contributed by atoms with Gasteiger partial charge in [-0.2, -0.15) is 0 Å². The summed E-state index contributed by atoms with van der Waals surface area (Å²) in [5.74, 6) is 1.75. The number of nitrogens with one attached hydrogen (secondary N) is 2. The number of anilines is 2. The van der Waals surface area contributed by atoms with Crippen molar-refractivity contribution in [2.75, 3.05) is 10.6 Å². The van der Waals surface area contributed by atoms with Gasteiger partial charge in [-0.25, -0.2) is 0 Å². The highest BCUT2D eigenvalue weighted by molar-refractivity contribution is 6.62. The zero-order chi connectivity index (χ0) is 27.4. The molecule has 3 aliphatic heterocycles. The van der Waals surface area contributed by atoms with E-state index in [0.29, 0.717) is 26.3 Å². The summed E-state index contributed by atoms with van der Waals surface area (Å²) in [6.07, 6.45) is 0. The van der Waals surface area contributed by atoms with Crippen LogP contribution in [0, 0.1) is 0 Å². The quantitative estimate of drug-likeness (QED) is 0.281. The Morgan fingerprint density at radius 3 is 1.65 bits per heavy atom. The molecule has 7 nitrogen and oxygen atoms in total. The van der Waals surface area contributed by atoms with Crippen LogP contribution in [-0.4, -0.2) is 24.3 Å². The van der Waals surface area contributed by atoms with E-state index in [1.165, 1.54) is 0 Å². The standard InChI is InChI=1S/C31H30B2N2O5/c1-31(2)25-7-3-5-19(15-34-23-11-9-21-17-38-32(36)27(21)13-23)29(25)40-30-20(6-4-8-26(30)31)16-35-24-12-10-22-18-39-33(37)28(22)14-24/h3-14,34-37H,15-18H2,1-2H3. The lowest BCUT2D eigenvalue weighted by molar-refractivity contribution is 0.275. The summed E-state index contributed by atoms with van der Waals surface area (Å²) in [7, 11) is -1.74. The van der Waals surface area contributed by atoms with Gasteiger partial charge in [-0.15, -0.1) is 0 Å². The first-order valence-electron chi connectivity index (χ1n) is 13.6. The molecule has 4 aromatic carbocycles. The highest BCUT2D eigenvalue weighted by Gasteiger charge is 2.36. The molecule has 0 saturated heterocycles. The van der Waals surface area contributed by atoms with Gasteiger partial charge in [0.05, 0.1) is 13.2 Å². The van der Waals surface area contributed by atoms with Crippen molar-refractivity contribution in [3.05, 3.63) is 106 Å². The van der Waals surface area contributed by atoms with Crippen molar-refractivity contribution in [1.29, 1.82) is 0 Å².